The number of hydrogen-bond acceptors (Lipinski definition) is 5. The predicted molar refractivity (Wildman–Crippen MR) is 73.3 cm³/mol. The van der Waals surface area contributed by atoms with E-state index in [1.165, 1.54) is 6.07 Å². The molecule has 1 atom stereocenters. The van der Waals surface area contributed by atoms with Gasteiger partial charge in [-0.15, -0.1) is 0 Å². The average molecular weight is 281 g/mol. The zero-order valence-corrected chi connectivity index (χ0v) is 11.7. The van der Waals surface area contributed by atoms with Crippen molar-refractivity contribution in [3.63, 3.8) is 0 Å². The third-order valence-corrected chi connectivity index (χ3v) is 3.14. The van der Waals surface area contributed by atoms with E-state index in [0.717, 1.165) is 0 Å². The molecule has 0 spiro atoms. The minimum atomic E-state index is -0.601. The first kappa shape index (κ1) is 14.6. The molecule has 1 N–H and O–H groups in total. The van der Waals surface area contributed by atoms with Crippen molar-refractivity contribution in [1.29, 1.82) is 0 Å². The summed E-state index contributed by atoms with van der Waals surface area (Å²) in [4.78, 5) is 10.7. The summed E-state index contributed by atoms with van der Waals surface area (Å²) in [5, 5.41) is 21.1. The third-order valence-electron chi connectivity index (χ3n) is 3.14. The average Bonchev–Trinajstić information content (AvgIpc) is 2.36. The molecule has 0 fully saturated rings. The molecule has 0 saturated carbocycles. The van der Waals surface area contributed by atoms with E-state index in [2.05, 4.69) is 0 Å². The van der Waals surface area contributed by atoms with Gasteiger partial charge in [-0.05, 0) is 18.4 Å². The number of aliphatic hydroxyl groups is 1. The Kier molecular flexibility index (Phi) is 4.44. The highest BCUT2D eigenvalue weighted by molar-refractivity contribution is 5.55. The first-order valence-electron chi connectivity index (χ1n) is 6.72. The van der Waals surface area contributed by atoms with Crippen LogP contribution in [-0.2, 0) is 6.42 Å². The molecule has 110 valence electrons. The summed E-state index contributed by atoms with van der Waals surface area (Å²) in [6, 6.07) is 2.99. The third kappa shape index (κ3) is 3.39. The molecular formula is C14H19NO5. The van der Waals surface area contributed by atoms with Crippen molar-refractivity contribution >= 4 is 5.69 Å². The second-order valence-corrected chi connectivity index (χ2v) is 5.37. The predicted octanol–water partition coefficient (Wildman–Crippen LogP) is 2.32. The second kappa shape index (κ2) is 6.09. The normalized spacial score (nSPS) is 15.2. The van der Waals surface area contributed by atoms with Crippen molar-refractivity contribution in [3.05, 3.63) is 27.8 Å². The largest absolute Gasteiger partial charge is 0.486 e. The number of nitro benzene ring substituents is 1. The van der Waals surface area contributed by atoms with Crippen LogP contribution in [0.15, 0.2) is 12.1 Å². The maximum atomic E-state index is 11.1. The van der Waals surface area contributed by atoms with Crippen LogP contribution in [0.3, 0.4) is 0 Å². The van der Waals surface area contributed by atoms with Crippen LogP contribution in [0, 0.1) is 16.0 Å². The lowest BCUT2D eigenvalue weighted by molar-refractivity contribution is -0.385. The van der Waals surface area contributed by atoms with Gasteiger partial charge >= 0.3 is 0 Å². The summed E-state index contributed by atoms with van der Waals surface area (Å²) in [6.07, 6.45) is 0.243. The first-order chi connectivity index (χ1) is 9.47. The van der Waals surface area contributed by atoms with Gasteiger partial charge in [-0.1, -0.05) is 13.8 Å². The molecule has 0 amide bonds. The molecule has 1 aromatic carbocycles. The van der Waals surface area contributed by atoms with Crippen LogP contribution in [0.25, 0.3) is 0 Å². The number of ether oxygens (including phenoxy) is 2. The minimum Gasteiger partial charge on any atom is -0.486 e. The van der Waals surface area contributed by atoms with E-state index < -0.39 is 11.0 Å². The summed E-state index contributed by atoms with van der Waals surface area (Å²) in [7, 11) is 0. The number of hydrogen-bond donors (Lipinski definition) is 1. The zero-order valence-electron chi connectivity index (χ0n) is 11.7. The Hall–Kier alpha value is -1.82. The Morgan fingerprint density at radius 1 is 1.30 bits per heavy atom. The van der Waals surface area contributed by atoms with Gasteiger partial charge in [0.05, 0.1) is 17.1 Å². The van der Waals surface area contributed by atoms with Gasteiger partial charge in [0.2, 0.25) is 0 Å². The van der Waals surface area contributed by atoms with Crippen LogP contribution < -0.4 is 9.47 Å². The van der Waals surface area contributed by atoms with E-state index in [4.69, 9.17) is 9.47 Å². The Morgan fingerprint density at radius 2 is 1.90 bits per heavy atom. The van der Waals surface area contributed by atoms with Crippen LogP contribution in [-0.4, -0.2) is 29.3 Å². The van der Waals surface area contributed by atoms with Gasteiger partial charge in [-0.2, -0.15) is 0 Å². The fourth-order valence-corrected chi connectivity index (χ4v) is 2.33. The molecule has 6 heteroatoms. The molecule has 6 nitrogen and oxygen atoms in total. The maximum Gasteiger partial charge on any atom is 0.276 e. The van der Waals surface area contributed by atoms with Crippen molar-refractivity contribution < 1.29 is 19.5 Å². The lowest BCUT2D eigenvalue weighted by atomic mass is 9.98. The molecule has 0 bridgehead atoms. The molecule has 1 unspecified atom stereocenters. The van der Waals surface area contributed by atoms with Crippen molar-refractivity contribution in [1.82, 2.24) is 0 Å². The molecular weight excluding hydrogens is 262 g/mol. The summed E-state index contributed by atoms with van der Waals surface area (Å²) in [5.74, 6) is 1.24. The molecule has 0 aliphatic carbocycles. The number of benzene rings is 1. The summed E-state index contributed by atoms with van der Waals surface area (Å²) in [6.45, 7) is 4.82. The topological polar surface area (TPSA) is 81.8 Å². The molecule has 1 heterocycles. The van der Waals surface area contributed by atoms with E-state index >= 15 is 0 Å². The smallest absolute Gasteiger partial charge is 0.276 e. The molecule has 0 aromatic heterocycles. The highest BCUT2D eigenvalue weighted by Gasteiger charge is 2.23. The van der Waals surface area contributed by atoms with Crippen molar-refractivity contribution in [2.45, 2.75) is 32.8 Å². The quantitative estimate of drug-likeness (QED) is 0.661. The number of nitrogens with zero attached hydrogens (tertiary/aromatic N) is 1. The Balaban J connectivity index is 2.28. The number of aliphatic hydroxyl groups excluding tert-OH is 1. The number of rotatable bonds is 5. The second-order valence-electron chi connectivity index (χ2n) is 5.37. The minimum absolute atomic E-state index is 0.0305. The highest BCUT2D eigenvalue weighted by Crippen LogP contribution is 2.37. The van der Waals surface area contributed by atoms with Crippen molar-refractivity contribution in [2.75, 3.05) is 13.2 Å². The van der Waals surface area contributed by atoms with Gasteiger partial charge < -0.3 is 14.6 Å². The zero-order chi connectivity index (χ0) is 14.7. The van der Waals surface area contributed by atoms with Crippen LogP contribution >= 0.6 is 0 Å². The fraction of sp³-hybridized carbons (Fsp3) is 0.571. The Bertz CT molecular complexity index is 501. The molecule has 1 aromatic rings. The Labute approximate surface area is 117 Å². The monoisotopic (exact) mass is 281 g/mol. The van der Waals surface area contributed by atoms with Gasteiger partial charge in [0.25, 0.3) is 5.69 Å². The molecule has 1 aliphatic rings. The molecule has 0 radical (unpaired) electrons. The number of nitro groups is 1. The van der Waals surface area contributed by atoms with Crippen molar-refractivity contribution in [2.24, 2.45) is 5.92 Å². The van der Waals surface area contributed by atoms with E-state index in [-0.39, 0.29) is 12.1 Å². The Morgan fingerprint density at radius 3 is 2.45 bits per heavy atom. The van der Waals surface area contributed by atoms with Gasteiger partial charge in [-0.25, -0.2) is 0 Å². The molecule has 20 heavy (non-hydrogen) atoms. The van der Waals surface area contributed by atoms with Crippen LogP contribution in [0.1, 0.15) is 25.8 Å². The van der Waals surface area contributed by atoms with Gasteiger partial charge in [0.1, 0.15) is 13.2 Å². The van der Waals surface area contributed by atoms with Gasteiger partial charge in [-0.3, -0.25) is 10.1 Å². The summed E-state index contributed by atoms with van der Waals surface area (Å²) >= 11 is 0. The maximum absolute atomic E-state index is 11.1. The van der Waals surface area contributed by atoms with Crippen LogP contribution in [0.4, 0.5) is 5.69 Å². The van der Waals surface area contributed by atoms with E-state index in [1.54, 1.807) is 6.07 Å². The van der Waals surface area contributed by atoms with E-state index in [1.807, 2.05) is 13.8 Å². The van der Waals surface area contributed by atoms with Gasteiger partial charge in [0.15, 0.2) is 11.5 Å². The molecule has 1 aliphatic heterocycles. The van der Waals surface area contributed by atoms with Crippen LogP contribution in [0.2, 0.25) is 0 Å². The molecule has 2 rings (SSSR count). The van der Waals surface area contributed by atoms with Gasteiger partial charge in [0, 0.05) is 12.0 Å². The molecule has 0 saturated heterocycles. The fourth-order valence-electron chi connectivity index (χ4n) is 2.33. The summed E-state index contributed by atoms with van der Waals surface area (Å²) < 4.78 is 10.8. The van der Waals surface area contributed by atoms with Crippen molar-refractivity contribution in [3.8, 4) is 11.5 Å². The van der Waals surface area contributed by atoms with E-state index in [9.17, 15) is 15.2 Å². The van der Waals surface area contributed by atoms with Crippen LogP contribution in [0.5, 0.6) is 11.5 Å². The van der Waals surface area contributed by atoms with E-state index in [0.29, 0.717) is 42.6 Å². The highest BCUT2D eigenvalue weighted by atomic mass is 16.6. The lowest BCUT2D eigenvalue weighted by Crippen LogP contribution is -2.18. The SMILES string of the molecule is CC(C)CC(O)Cc1cc2c(cc1[N+](=O)[O-])OCCO2. The lowest BCUT2D eigenvalue weighted by Gasteiger charge is -2.20. The standard InChI is InChI=1S/C14H19NO5/c1-9(2)5-11(16)6-10-7-13-14(20-4-3-19-13)8-12(10)15(17)18/h7-9,11,16H,3-6H2,1-2H3. The first-order valence-corrected chi connectivity index (χ1v) is 6.72. The summed E-state index contributed by atoms with van der Waals surface area (Å²) in [5.41, 5.74) is 0.449. The number of fused-ring (bicyclic) bond motifs is 1.